The SMILES string of the molecule is C#CCCCNCCOc1ccc(Br)cc1. The van der Waals surface area contributed by atoms with Crippen molar-refractivity contribution in [2.45, 2.75) is 12.8 Å². The molecule has 1 aromatic carbocycles. The first kappa shape index (κ1) is 13.1. The van der Waals surface area contributed by atoms with Gasteiger partial charge in [-0.3, -0.25) is 0 Å². The summed E-state index contributed by atoms with van der Waals surface area (Å²) < 4.78 is 6.61. The third-order valence-electron chi connectivity index (χ3n) is 2.04. The predicted octanol–water partition coefficient (Wildman–Crippen LogP) is 2.83. The Kier molecular flexibility index (Phi) is 6.71. The van der Waals surface area contributed by atoms with Crippen molar-refractivity contribution in [1.82, 2.24) is 5.32 Å². The highest BCUT2D eigenvalue weighted by molar-refractivity contribution is 9.10. The van der Waals surface area contributed by atoms with E-state index in [1.54, 1.807) is 0 Å². The molecule has 0 bridgehead atoms. The van der Waals surface area contributed by atoms with Gasteiger partial charge in [0.05, 0.1) is 0 Å². The Morgan fingerprint density at radius 1 is 1.25 bits per heavy atom. The second-order valence-corrected chi connectivity index (χ2v) is 4.28. The summed E-state index contributed by atoms with van der Waals surface area (Å²) in [4.78, 5) is 0. The van der Waals surface area contributed by atoms with Crippen LogP contribution in [0.4, 0.5) is 0 Å². The number of terminal acetylenes is 1. The maximum atomic E-state index is 5.54. The van der Waals surface area contributed by atoms with Gasteiger partial charge in [0.2, 0.25) is 0 Å². The normalized spacial score (nSPS) is 9.75. The summed E-state index contributed by atoms with van der Waals surface area (Å²) in [7, 11) is 0. The molecule has 1 N–H and O–H groups in total. The van der Waals surface area contributed by atoms with Crippen molar-refractivity contribution in [3.8, 4) is 18.1 Å². The number of unbranched alkanes of at least 4 members (excludes halogenated alkanes) is 1. The molecule has 1 aromatic rings. The molecule has 0 spiro atoms. The van der Waals surface area contributed by atoms with Gasteiger partial charge in [0, 0.05) is 17.4 Å². The Hall–Kier alpha value is -0.980. The molecule has 0 heterocycles. The quantitative estimate of drug-likeness (QED) is 0.613. The molecule has 0 aromatic heterocycles. The van der Waals surface area contributed by atoms with E-state index >= 15 is 0 Å². The lowest BCUT2D eigenvalue weighted by Gasteiger charge is -2.06. The summed E-state index contributed by atoms with van der Waals surface area (Å²) in [5.41, 5.74) is 0. The van der Waals surface area contributed by atoms with Crippen molar-refractivity contribution >= 4 is 15.9 Å². The highest BCUT2D eigenvalue weighted by Gasteiger charge is 1.93. The Labute approximate surface area is 106 Å². The first-order valence-electron chi connectivity index (χ1n) is 5.35. The second-order valence-electron chi connectivity index (χ2n) is 3.36. The maximum Gasteiger partial charge on any atom is 0.119 e. The van der Waals surface area contributed by atoms with Crippen LogP contribution in [0.15, 0.2) is 28.7 Å². The molecule has 0 aliphatic rings. The summed E-state index contributed by atoms with van der Waals surface area (Å²) in [5, 5.41) is 3.27. The number of hydrogen-bond acceptors (Lipinski definition) is 2. The van der Waals surface area contributed by atoms with Crippen molar-refractivity contribution < 1.29 is 4.74 Å². The smallest absolute Gasteiger partial charge is 0.119 e. The largest absolute Gasteiger partial charge is 0.492 e. The molecule has 0 fully saturated rings. The van der Waals surface area contributed by atoms with Gasteiger partial charge >= 0.3 is 0 Å². The highest BCUT2D eigenvalue weighted by atomic mass is 79.9. The lowest BCUT2D eigenvalue weighted by molar-refractivity contribution is 0.314. The molecule has 0 radical (unpaired) electrons. The molecule has 0 atom stereocenters. The number of ether oxygens (including phenoxy) is 1. The van der Waals surface area contributed by atoms with E-state index < -0.39 is 0 Å². The van der Waals surface area contributed by atoms with E-state index in [9.17, 15) is 0 Å². The average molecular weight is 282 g/mol. The lowest BCUT2D eigenvalue weighted by Crippen LogP contribution is -2.21. The minimum absolute atomic E-state index is 0.678. The van der Waals surface area contributed by atoms with Gasteiger partial charge < -0.3 is 10.1 Å². The first-order chi connectivity index (χ1) is 7.83. The van der Waals surface area contributed by atoms with Crippen molar-refractivity contribution in [3.05, 3.63) is 28.7 Å². The molecule has 16 heavy (non-hydrogen) atoms. The minimum atomic E-state index is 0.678. The fourth-order valence-corrected chi connectivity index (χ4v) is 1.48. The molecule has 2 nitrogen and oxygen atoms in total. The number of hydrogen-bond donors (Lipinski definition) is 1. The Bertz CT molecular complexity index is 329. The zero-order valence-corrected chi connectivity index (χ0v) is 10.8. The lowest BCUT2D eigenvalue weighted by atomic mass is 10.3. The molecule has 0 saturated carbocycles. The first-order valence-corrected chi connectivity index (χ1v) is 6.15. The molecular formula is C13H16BrNO. The van der Waals surface area contributed by atoms with Crippen LogP contribution in [0.1, 0.15) is 12.8 Å². The molecular weight excluding hydrogens is 266 g/mol. The Balaban J connectivity index is 2.03. The highest BCUT2D eigenvalue weighted by Crippen LogP contribution is 2.15. The van der Waals surface area contributed by atoms with Crippen LogP contribution in [0.25, 0.3) is 0 Å². The van der Waals surface area contributed by atoms with Crippen molar-refractivity contribution in [2.24, 2.45) is 0 Å². The predicted molar refractivity (Wildman–Crippen MR) is 70.6 cm³/mol. The number of rotatable bonds is 7. The van der Waals surface area contributed by atoms with Gasteiger partial charge in [0.1, 0.15) is 12.4 Å². The van der Waals surface area contributed by atoms with Crippen molar-refractivity contribution in [2.75, 3.05) is 19.7 Å². The Morgan fingerprint density at radius 2 is 2.00 bits per heavy atom. The summed E-state index contributed by atoms with van der Waals surface area (Å²) in [6.07, 6.45) is 7.01. The van der Waals surface area contributed by atoms with Crippen LogP contribution in [0.3, 0.4) is 0 Å². The van der Waals surface area contributed by atoms with Gasteiger partial charge in [0.15, 0.2) is 0 Å². The molecule has 0 aliphatic carbocycles. The van der Waals surface area contributed by atoms with Crippen LogP contribution in [0, 0.1) is 12.3 Å². The van der Waals surface area contributed by atoms with Crippen molar-refractivity contribution in [1.29, 1.82) is 0 Å². The van der Waals surface area contributed by atoms with Crippen LogP contribution in [-0.2, 0) is 0 Å². The van der Waals surface area contributed by atoms with Crippen LogP contribution in [-0.4, -0.2) is 19.7 Å². The molecule has 0 unspecified atom stereocenters. The van der Waals surface area contributed by atoms with E-state index in [0.717, 1.165) is 36.2 Å². The van der Waals surface area contributed by atoms with E-state index in [0.29, 0.717) is 6.61 Å². The van der Waals surface area contributed by atoms with Crippen LogP contribution in [0.5, 0.6) is 5.75 Å². The maximum absolute atomic E-state index is 5.54. The molecule has 3 heteroatoms. The van der Waals surface area contributed by atoms with E-state index in [-0.39, 0.29) is 0 Å². The molecule has 86 valence electrons. The van der Waals surface area contributed by atoms with Crippen LogP contribution < -0.4 is 10.1 Å². The third kappa shape index (κ3) is 5.79. The van der Waals surface area contributed by atoms with Gasteiger partial charge in [0.25, 0.3) is 0 Å². The summed E-state index contributed by atoms with van der Waals surface area (Å²) in [6.45, 7) is 2.48. The standard InChI is InChI=1S/C13H16BrNO/c1-2-3-4-9-15-10-11-16-13-7-5-12(14)6-8-13/h1,5-8,15H,3-4,9-11H2. The zero-order valence-electron chi connectivity index (χ0n) is 9.21. The summed E-state index contributed by atoms with van der Waals surface area (Å²) in [5.74, 6) is 3.51. The van der Waals surface area contributed by atoms with E-state index in [1.165, 1.54) is 0 Å². The monoisotopic (exact) mass is 281 g/mol. The minimum Gasteiger partial charge on any atom is -0.492 e. The number of benzene rings is 1. The van der Waals surface area contributed by atoms with Gasteiger partial charge in [-0.05, 0) is 37.2 Å². The third-order valence-corrected chi connectivity index (χ3v) is 2.56. The summed E-state index contributed by atoms with van der Waals surface area (Å²) in [6, 6.07) is 7.83. The Morgan fingerprint density at radius 3 is 2.69 bits per heavy atom. The molecule has 1 rings (SSSR count). The van der Waals surface area contributed by atoms with Gasteiger partial charge in [-0.1, -0.05) is 15.9 Å². The van der Waals surface area contributed by atoms with Gasteiger partial charge in [-0.25, -0.2) is 0 Å². The molecule has 0 saturated heterocycles. The summed E-state index contributed by atoms with van der Waals surface area (Å²) >= 11 is 3.38. The number of halogens is 1. The number of nitrogens with one attached hydrogen (secondary N) is 1. The van der Waals surface area contributed by atoms with Crippen molar-refractivity contribution in [3.63, 3.8) is 0 Å². The van der Waals surface area contributed by atoms with Gasteiger partial charge in [-0.15, -0.1) is 12.3 Å². The van der Waals surface area contributed by atoms with Gasteiger partial charge in [-0.2, -0.15) is 0 Å². The molecule has 0 amide bonds. The van der Waals surface area contributed by atoms with E-state index in [2.05, 4.69) is 27.2 Å². The average Bonchev–Trinajstić information content (AvgIpc) is 2.30. The zero-order chi connectivity index (χ0) is 11.6. The van der Waals surface area contributed by atoms with E-state index in [4.69, 9.17) is 11.2 Å². The van der Waals surface area contributed by atoms with Crippen LogP contribution in [0.2, 0.25) is 0 Å². The van der Waals surface area contributed by atoms with E-state index in [1.807, 2.05) is 24.3 Å². The molecule has 0 aliphatic heterocycles. The fourth-order valence-electron chi connectivity index (χ4n) is 1.21. The second kappa shape index (κ2) is 8.20. The van der Waals surface area contributed by atoms with Crippen LogP contribution >= 0.6 is 15.9 Å². The fraction of sp³-hybridized carbons (Fsp3) is 0.385. The topological polar surface area (TPSA) is 21.3 Å².